The molecule has 1 atom stereocenters. The monoisotopic (exact) mass is 374 g/mol. The first kappa shape index (κ1) is 22.7. The van der Waals surface area contributed by atoms with Crippen LogP contribution in [0.25, 0.3) is 0 Å². The van der Waals surface area contributed by atoms with E-state index in [2.05, 4.69) is 19.1 Å². The molecule has 0 fully saturated rings. The fourth-order valence-electron chi connectivity index (χ4n) is 2.07. The Morgan fingerprint density at radius 2 is 1.70 bits per heavy atom. The molecule has 0 aromatic heterocycles. The zero-order valence-corrected chi connectivity index (χ0v) is 15.9. The van der Waals surface area contributed by atoms with Crippen LogP contribution in [0, 0.1) is 0 Å². The van der Waals surface area contributed by atoms with Gasteiger partial charge in [0.15, 0.2) is 0 Å². The van der Waals surface area contributed by atoms with Crippen molar-refractivity contribution >= 4 is 5.97 Å². The summed E-state index contributed by atoms with van der Waals surface area (Å²) in [5.74, 6) is -0.466. The van der Waals surface area contributed by atoms with Crippen molar-refractivity contribution in [2.45, 2.75) is 38.7 Å². The molecule has 1 aromatic rings. The third kappa shape index (κ3) is 11.8. The van der Waals surface area contributed by atoms with Crippen molar-refractivity contribution in [1.29, 1.82) is 0 Å². The Morgan fingerprint density at radius 1 is 1.04 bits per heavy atom. The first-order valence-corrected chi connectivity index (χ1v) is 9.33. The molecule has 0 heterocycles. The van der Waals surface area contributed by atoms with Crippen LogP contribution in [0.5, 0.6) is 5.75 Å². The van der Waals surface area contributed by atoms with E-state index in [1.165, 1.54) is 24.3 Å². The van der Waals surface area contributed by atoms with Gasteiger partial charge < -0.3 is 19.7 Å². The Kier molecular flexibility index (Phi) is 12.4. The molecule has 1 rings (SSSR count). The van der Waals surface area contributed by atoms with Crippen LogP contribution < -0.4 is 0 Å². The van der Waals surface area contributed by atoms with E-state index in [4.69, 9.17) is 9.47 Å². The Bertz CT molecular complexity index is 602. The summed E-state index contributed by atoms with van der Waals surface area (Å²) in [6.07, 6.45) is 15.4. The fourth-order valence-corrected chi connectivity index (χ4v) is 2.07. The Hall–Kier alpha value is -2.37. The van der Waals surface area contributed by atoms with E-state index in [-0.39, 0.29) is 19.0 Å². The summed E-state index contributed by atoms with van der Waals surface area (Å²) in [5.41, 5.74) is 0.322. The van der Waals surface area contributed by atoms with Crippen LogP contribution in [-0.2, 0) is 9.47 Å². The molecule has 5 nitrogen and oxygen atoms in total. The lowest BCUT2D eigenvalue weighted by molar-refractivity contribution is -0.0111. The number of hydrogen-bond acceptors (Lipinski definition) is 5. The lowest BCUT2D eigenvalue weighted by Gasteiger charge is -2.11. The maximum Gasteiger partial charge on any atom is 0.338 e. The van der Waals surface area contributed by atoms with Crippen LogP contribution in [0.1, 0.15) is 43.0 Å². The van der Waals surface area contributed by atoms with Gasteiger partial charge in [0.25, 0.3) is 0 Å². The van der Waals surface area contributed by atoms with Crippen LogP contribution in [-0.4, -0.2) is 42.1 Å². The van der Waals surface area contributed by atoms with Crippen molar-refractivity contribution in [3.63, 3.8) is 0 Å². The van der Waals surface area contributed by atoms with Gasteiger partial charge in [-0.1, -0.05) is 49.8 Å². The second kappa shape index (κ2) is 14.8. The van der Waals surface area contributed by atoms with Gasteiger partial charge in [0.2, 0.25) is 0 Å². The molecular weight excluding hydrogens is 344 g/mol. The molecule has 0 unspecified atom stereocenters. The molecule has 0 saturated heterocycles. The lowest BCUT2D eigenvalue weighted by Crippen LogP contribution is -2.24. The van der Waals surface area contributed by atoms with Crippen molar-refractivity contribution in [3.05, 3.63) is 66.3 Å². The maximum atomic E-state index is 11.8. The molecule has 27 heavy (non-hydrogen) atoms. The van der Waals surface area contributed by atoms with Crippen molar-refractivity contribution in [3.8, 4) is 5.75 Å². The van der Waals surface area contributed by atoms with Crippen molar-refractivity contribution < 1.29 is 24.5 Å². The number of ether oxygens (including phenoxy) is 2. The molecule has 0 radical (unpaired) electrons. The minimum atomic E-state index is -0.862. The van der Waals surface area contributed by atoms with E-state index in [1.54, 1.807) is 0 Å². The Balaban J connectivity index is 2.04. The number of aliphatic hydroxyl groups excluding tert-OH is 1. The molecule has 148 valence electrons. The zero-order valence-electron chi connectivity index (χ0n) is 15.9. The van der Waals surface area contributed by atoms with E-state index in [0.29, 0.717) is 12.2 Å². The van der Waals surface area contributed by atoms with Gasteiger partial charge in [0.1, 0.15) is 18.5 Å². The number of phenols is 1. The number of benzene rings is 1. The number of aromatic hydroxyl groups is 1. The van der Waals surface area contributed by atoms with Crippen LogP contribution in [0.4, 0.5) is 0 Å². The minimum absolute atomic E-state index is 0.0784. The number of hydrogen-bond donors (Lipinski definition) is 2. The summed E-state index contributed by atoms with van der Waals surface area (Å²) in [5, 5.41) is 19.0. The number of carbonyl (C=O) groups is 1. The highest BCUT2D eigenvalue weighted by atomic mass is 16.5. The van der Waals surface area contributed by atoms with Gasteiger partial charge in [-0.3, -0.25) is 0 Å². The number of phenolic OH excluding ortho intramolecular Hbond substituents is 1. The molecule has 0 aliphatic rings. The smallest absolute Gasteiger partial charge is 0.338 e. The summed E-state index contributed by atoms with van der Waals surface area (Å²) < 4.78 is 10.4. The second-order valence-electron chi connectivity index (χ2n) is 6.05. The zero-order chi connectivity index (χ0) is 19.7. The molecule has 0 aliphatic carbocycles. The Morgan fingerprint density at radius 3 is 2.37 bits per heavy atom. The molecule has 2 N–H and O–H groups in total. The number of allylic oxidation sites excluding steroid dienone is 6. The lowest BCUT2D eigenvalue weighted by atomic mass is 10.2. The molecule has 0 spiro atoms. The summed E-state index contributed by atoms with van der Waals surface area (Å²) >= 11 is 0. The minimum Gasteiger partial charge on any atom is -0.508 e. The van der Waals surface area contributed by atoms with Crippen molar-refractivity contribution in [1.82, 2.24) is 0 Å². The summed E-state index contributed by atoms with van der Waals surface area (Å²) in [4.78, 5) is 11.8. The average molecular weight is 374 g/mol. The van der Waals surface area contributed by atoms with E-state index in [0.717, 1.165) is 25.7 Å². The van der Waals surface area contributed by atoms with E-state index >= 15 is 0 Å². The topological polar surface area (TPSA) is 76.0 Å². The van der Waals surface area contributed by atoms with E-state index < -0.39 is 12.1 Å². The van der Waals surface area contributed by atoms with Crippen LogP contribution >= 0.6 is 0 Å². The number of rotatable bonds is 13. The maximum absolute atomic E-state index is 11.8. The highest BCUT2D eigenvalue weighted by Crippen LogP contribution is 2.10. The van der Waals surface area contributed by atoms with Gasteiger partial charge in [-0.2, -0.15) is 0 Å². The van der Waals surface area contributed by atoms with Crippen molar-refractivity contribution in [2.24, 2.45) is 0 Å². The molecule has 0 bridgehead atoms. The highest BCUT2D eigenvalue weighted by molar-refractivity contribution is 5.89. The third-order valence-electron chi connectivity index (χ3n) is 3.54. The summed E-state index contributed by atoms with van der Waals surface area (Å²) in [7, 11) is 0. The SMILES string of the molecule is CCC/C=C/C=C/C=C/CCCOC[C@H](O)COC(=O)c1ccc(O)cc1. The standard InChI is InChI=1S/C22H30O5/c1-2-3-4-5-6-7-8-9-10-11-16-26-17-21(24)18-27-22(25)19-12-14-20(23)15-13-19/h4-9,12-15,21,23-24H,2-3,10-11,16-18H2,1H3/b5-4+,7-6+,9-8+/t21-/m0/s1. The second-order valence-corrected chi connectivity index (χ2v) is 6.05. The third-order valence-corrected chi connectivity index (χ3v) is 3.54. The summed E-state index contributed by atoms with van der Waals surface area (Å²) in [6.45, 7) is 2.68. The Labute approximate surface area is 161 Å². The average Bonchev–Trinajstić information content (AvgIpc) is 2.67. The largest absolute Gasteiger partial charge is 0.508 e. The number of aliphatic hydroxyl groups is 1. The van der Waals surface area contributed by atoms with Crippen molar-refractivity contribution in [2.75, 3.05) is 19.8 Å². The van der Waals surface area contributed by atoms with Gasteiger partial charge in [0, 0.05) is 6.61 Å². The molecule has 5 heteroatoms. The van der Waals surface area contributed by atoms with Gasteiger partial charge in [-0.15, -0.1) is 0 Å². The molecule has 0 amide bonds. The van der Waals surface area contributed by atoms with Gasteiger partial charge in [-0.25, -0.2) is 4.79 Å². The van der Waals surface area contributed by atoms with E-state index in [1.807, 2.05) is 24.3 Å². The normalized spacial score (nSPS) is 13.0. The molecule has 0 saturated carbocycles. The first-order valence-electron chi connectivity index (χ1n) is 9.33. The number of esters is 1. The first-order chi connectivity index (χ1) is 13.1. The quantitative estimate of drug-likeness (QED) is 0.308. The van der Waals surface area contributed by atoms with Gasteiger partial charge in [0.05, 0.1) is 12.2 Å². The predicted molar refractivity (Wildman–Crippen MR) is 107 cm³/mol. The van der Waals surface area contributed by atoms with Gasteiger partial charge >= 0.3 is 5.97 Å². The predicted octanol–water partition coefficient (Wildman–Crippen LogP) is 4.18. The summed E-state index contributed by atoms with van der Waals surface area (Å²) in [6, 6.07) is 5.74. The van der Waals surface area contributed by atoms with Gasteiger partial charge in [-0.05, 0) is 43.5 Å². The van der Waals surface area contributed by atoms with E-state index in [9.17, 15) is 15.0 Å². The number of carbonyl (C=O) groups excluding carboxylic acids is 1. The fraction of sp³-hybridized carbons (Fsp3) is 0.409. The molecule has 0 aliphatic heterocycles. The van der Waals surface area contributed by atoms with Crippen LogP contribution in [0.15, 0.2) is 60.7 Å². The highest BCUT2D eigenvalue weighted by Gasteiger charge is 2.11. The molecule has 1 aromatic carbocycles. The van der Waals surface area contributed by atoms with Crippen LogP contribution in [0.3, 0.4) is 0 Å². The molecular formula is C22H30O5. The van der Waals surface area contributed by atoms with Crippen LogP contribution in [0.2, 0.25) is 0 Å². The number of unbranched alkanes of at least 4 members (excludes halogenated alkanes) is 2.